The summed E-state index contributed by atoms with van der Waals surface area (Å²) in [6, 6.07) is 5.97. The highest BCUT2D eigenvalue weighted by Gasteiger charge is 2.15. The maximum Gasteiger partial charge on any atom is 0.143 e. The van der Waals surface area contributed by atoms with E-state index in [1.54, 1.807) is 0 Å². The first-order chi connectivity index (χ1) is 9.66. The van der Waals surface area contributed by atoms with Gasteiger partial charge in [0, 0.05) is 12.1 Å². The van der Waals surface area contributed by atoms with Gasteiger partial charge in [0.25, 0.3) is 0 Å². The molecule has 0 bridgehead atoms. The molecule has 0 spiro atoms. The van der Waals surface area contributed by atoms with Crippen LogP contribution in [0.25, 0.3) is 0 Å². The molecule has 0 heterocycles. The fourth-order valence-corrected chi connectivity index (χ4v) is 2.59. The van der Waals surface area contributed by atoms with E-state index in [0.29, 0.717) is 10.9 Å². The van der Waals surface area contributed by atoms with Crippen LogP contribution in [0.5, 0.6) is 5.75 Å². The molecule has 2 rings (SSSR count). The van der Waals surface area contributed by atoms with Gasteiger partial charge >= 0.3 is 0 Å². The molecule has 3 heteroatoms. The molecule has 20 heavy (non-hydrogen) atoms. The van der Waals surface area contributed by atoms with E-state index in [4.69, 9.17) is 16.3 Å². The van der Waals surface area contributed by atoms with Crippen molar-refractivity contribution < 1.29 is 4.74 Å². The number of hydrogen-bond donors (Lipinski definition) is 1. The molecule has 0 saturated carbocycles. The Morgan fingerprint density at radius 3 is 2.95 bits per heavy atom. The van der Waals surface area contributed by atoms with Gasteiger partial charge in [0.2, 0.25) is 0 Å². The third-order valence-electron chi connectivity index (χ3n) is 3.40. The molecule has 1 aliphatic carbocycles. The molecule has 0 amide bonds. The topological polar surface area (TPSA) is 21.3 Å². The molecule has 1 N–H and O–H groups in total. The van der Waals surface area contributed by atoms with Crippen molar-refractivity contribution in [2.75, 3.05) is 6.54 Å². The smallest absolute Gasteiger partial charge is 0.143 e. The molecule has 0 radical (unpaired) electrons. The van der Waals surface area contributed by atoms with Crippen LogP contribution in [0, 0.1) is 5.92 Å². The van der Waals surface area contributed by atoms with Crippen LogP contribution in [0.4, 0.5) is 0 Å². The summed E-state index contributed by atoms with van der Waals surface area (Å²) in [4.78, 5) is 0. The standard InChI is InChI=1S/C17H24ClNO/c1-13(2)11-19-12-14-7-6-10-16(18)17(14)20-15-8-4-3-5-9-15/h4,6-8,10,13,15,19H,3,5,9,11-12H2,1-2H3. The number of halogens is 1. The summed E-state index contributed by atoms with van der Waals surface area (Å²) in [7, 11) is 0. The number of para-hydroxylation sites is 1. The van der Waals surface area contributed by atoms with Crippen LogP contribution in [0.2, 0.25) is 5.02 Å². The zero-order valence-corrected chi connectivity index (χ0v) is 13.1. The predicted molar refractivity (Wildman–Crippen MR) is 85.4 cm³/mol. The minimum absolute atomic E-state index is 0.160. The summed E-state index contributed by atoms with van der Waals surface area (Å²) in [5, 5.41) is 4.15. The summed E-state index contributed by atoms with van der Waals surface area (Å²) in [6.45, 7) is 6.20. The van der Waals surface area contributed by atoms with Crippen LogP contribution in [0.3, 0.4) is 0 Å². The fraction of sp³-hybridized carbons (Fsp3) is 0.529. The van der Waals surface area contributed by atoms with Crippen LogP contribution in [0.1, 0.15) is 38.7 Å². The Morgan fingerprint density at radius 2 is 2.25 bits per heavy atom. The predicted octanol–water partition coefficient (Wildman–Crippen LogP) is 4.57. The Bertz CT molecular complexity index is 456. The maximum atomic E-state index is 6.31. The molecule has 1 aliphatic rings. The largest absolute Gasteiger partial charge is 0.484 e. The van der Waals surface area contributed by atoms with E-state index in [-0.39, 0.29) is 6.10 Å². The Kier molecular flexibility index (Phi) is 5.93. The minimum atomic E-state index is 0.160. The quantitative estimate of drug-likeness (QED) is 0.776. The lowest BCUT2D eigenvalue weighted by molar-refractivity contribution is 0.227. The van der Waals surface area contributed by atoms with E-state index >= 15 is 0 Å². The molecule has 1 unspecified atom stereocenters. The van der Waals surface area contributed by atoms with E-state index in [9.17, 15) is 0 Å². The molecule has 1 aromatic rings. The van der Waals surface area contributed by atoms with Crippen molar-refractivity contribution in [3.8, 4) is 5.75 Å². The van der Waals surface area contributed by atoms with Crippen molar-refractivity contribution in [1.82, 2.24) is 5.32 Å². The molecule has 0 aliphatic heterocycles. The van der Waals surface area contributed by atoms with E-state index in [2.05, 4.69) is 37.4 Å². The highest BCUT2D eigenvalue weighted by Crippen LogP contribution is 2.31. The second-order valence-corrected chi connectivity index (χ2v) is 6.18. The molecule has 1 aromatic carbocycles. The van der Waals surface area contributed by atoms with E-state index in [1.165, 1.54) is 6.42 Å². The minimum Gasteiger partial charge on any atom is -0.484 e. The van der Waals surface area contributed by atoms with Gasteiger partial charge in [0.1, 0.15) is 11.9 Å². The third-order valence-corrected chi connectivity index (χ3v) is 3.69. The van der Waals surface area contributed by atoms with E-state index in [0.717, 1.165) is 37.2 Å². The molecule has 1 atom stereocenters. The molecular weight excluding hydrogens is 270 g/mol. The van der Waals surface area contributed by atoms with E-state index < -0.39 is 0 Å². The van der Waals surface area contributed by atoms with Crippen molar-refractivity contribution in [3.63, 3.8) is 0 Å². The van der Waals surface area contributed by atoms with Crippen LogP contribution in [-0.4, -0.2) is 12.6 Å². The number of nitrogens with one attached hydrogen (secondary N) is 1. The second-order valence-electron chi connectivity index (χ2n) is 5.77. The van der Waals surface area contributed by atoms with Gasteiger partial charge in [-0.3, -0.25) is 0 Å². The molecule has 0 fully saturated rings. The van der Waals surface area contributed by atoms with Crippen LogP contribution in [0.15, 0.2) is 30.4 Å². The molecule has 2 nitrogen and oxygen atoms in total. The molecular formula is C17H24ClNO. The highest BCUT2D eigenvalue weighted by molar-refractivity contribution is 6.32. The van der Waals surface area contributed by atoms with Crippen LogP contribution >= 0.6 is 11.6 Å². The number of rotatable bonds is 6. The molecule has 0 saturated heterocycles. The van der Waals surface area contributed by atoms with Gasteiger partial charge in [-0.25, -0.2) is 0 Å². The van der Waals surface area contributed by atoms with Crippen molar-refractivity contribution in [2.45, 2.75) is 45.8 Å². The monoisotopic (exact) mass is 293 g/mol. The normalized spacial score (nSPS) is 18.5. The Morgan fingerprint density at radius 1 is 1.40 bits per heavy atom. The maximum absolute atomic E-state index is 6.31. The number of benzene rings is 1. The lowest BCUT2D eigenvalue weighted by Crippen LogP contribution is -2.21. The van der Waals surface area contributed by atoms with E-state index in [1.807, 2.05) is 12.1 Å². The fourth-order valence-electron chi connectivity index (χ4n) is 2.35. The van der Waals surface area contributed by atoms with Crippen molar-refractivity contribution in [1.29, 1.82) is 0 Å². The van der Waals surface area contributed by atoms with Gasteiger partial charge in [-0.1, -0.05) is 43.7 Å². The van der Waals surface area contributed by atoms with Crippen molar-refractivity contribution in [3.05, 3.63) is 40.9 Å². The molecule has 0 aromatic heterocycles. The Hall–Kier alpha value is -0.990. The van der Waals surface area contributed by atoms with Gasteiger partial charge in [-0.2, -0.15) is 0 Å². The van der Waals surface area contributed by atoms with Crippen molar-refractivity contribution in [2.24, 2.45) is 5.92 Å². The van der Waals surface area contributed by atoms with Crippen LogP contribution < -0.4 is 10.1 Å². The number of hydrogen-bond acceptors (Lipinski definition) is 2. The number of ether oxygens (including phenoxy) is 1. The van der Waals surface area contributed by atoms with Gasteiger partial charge in [0.05, 0.1) is 5.02 Å². The summed E-state index contributed by atoms with van der Waals surface area (Å²) >= 11 is 6.31. The zero-order chi connectivity index (χ0) is 14.4. The SMILES string of the molecule is CC(C)CNCc1cccc(Cl)c1OC1C=CCCC1. The molecule has 110 valence electrons. The highest BCUT2D eigenvalue weighted by atomic mass is 35.5. The lowest BCUT2D eigenvalue weighted by Gasteiger charge is -2.21. The second kappa shape index (κ2) is 7.70. The van der Waals surface area contributed by atoms with Crippen molar-refractivity contribution >= 4 is 11.6 Å². The summed E-state index contributed by atoms with van der Waals surface area (Å²) < 4.78 is 6.12. The average molecular weight is 294 g/mol. The Balaban J connectivity index is 2.05. The third kappa shape index (κ3) is 4.53. The number of allylic oxidation sites excluding steroid dienone is 1. The van der Waals surface area contributed by atoms with Gasteiger partial charge in [-0.15, -0.1) is 0 Å². The van der Waals surface area contributed by atoms with Crippen LogP contribution in [-0.2, 0) is 6.54 Å². The van der Waals surface area contributed by atoms with Gasteiger partial charge in [-0.05, 0) is 43.9 Å². The first-order valence-corrected chi connectivity index (χ1v) is 7.86. The zero-order valence-electron chi connectivity index (χ0n) is 12.4. The van der Waals surface area contributed by atoms with Gasteiger partial charge < -0.3 is 10.1 Å². The van der Waals surface area contributed by atoms with Gasteiger partial charge in [0.15, 0.2) is 0 Å². The first kappa shape index (κ1) is 15.4. The summed E-state index contributed by atoms with van der Waals surface area (Å²) in [5.74, 6) is 1.47. The Labute approximate surface area is 127 Å². The average Bonchev–Trinajstić information content (AvgIpc) is 2.43. The lowest BCUT2D eigenvalue weighted by atomic mass is 10.1. The first-order valence-electron chi connectivity index (χ1n) is 7.48. The summed E-state index contributed by atoms with van der Waals surface area (Å²) in [5.41, 5.74) is 1.14. The summed E-state index contributed by atoms with van der Waals surface area (Å²) in [6.07, 6.45) is 7.92.